The van der Waals surface area contributed by atoms with Gasteiger partial charge in [0.1, 0.15) is 0 Å². The van der Waals surface area contributed by atoms with Crippen LogP contribution in [0.25, 0.3) is 0 Å². The van der Waals surface area contributed by atoms with Crippen molar-refractivity contribution >= 4 is 40.5 Å². The van der Waals surface area contributed by atoms with Gasteiger partial charge < -0.3 is 5.32 Å². The minimum atomic E-state index is -0.497. The number of amides is 2. The molecular weight excluding hydrogens is 432 g/mol. The molecule has 162 valence electrons. The number of nitro benzene ring substituents is 1. The average molecular weight is 451 g/mol. The van der Waals surface area contributed by atoms with Crippen molar-refractivity contribution in [3.63, 3.8) is 0 Å². The second-order valence-electron chi connectivity index (χ2n) is 6.87. The number of nitro groups is 1. The fraction of sp³-hybridized carbons (Fsp3) is 0.0870. The van der Waals surface area contributed by atoms with Gasteiger partial charge in [-0.15, -0.1) is 0 Å². The molecular formula is C23H19ClN4O4. The van der Waals surface area contributed by atoms with Gasteiger partial charge in [-0.3, -0.25) is 19.7 Å². The molecule has 0 spiro atoms. The Bertz CT molecular complexity index is 1180. The molecule has 0 aliphatic heterocycles. The van der Waals surface area contributed by atoms with E-state index < -0.39 is 4.92 Å². The van der Waals surface area contributed by atoms with Crippen LogP contribution in [0.1, 0.15) is 28.4 Å². The molecule has 0 saturated heterocycles. The second kappa shape index (κ2) is 10.3. The Balaban J connectivity index is 1.61. The van der Waals surface area contributed by atoms with Gasteiger partial charge in [0.05, 0.1) is 17.1 Å². The van der Waals surface area contributed by atoms with Crippen LogP contribution in [0.5, 0.6) is 0 Å². The Morgan fingerprint density at radius 3 is 2.34 bits per heavy atom. The van der Waals surface area contributed by atoms with E-state index in [0.29, 0.717) is 27.5 Å². The van der Waals surface area contributed by atoms with Crippen LogP contribution in [0, 0.1) is 10.1 Å². The van der Waals surface area contributed by atoms with Crippen molar-refractivity contribution in [2.45, 2.75) is 13.3 Å². The number of carbonyl (C=O) groups is 2. The minimum absolute atomic E-state index is 0.0337. The number of nitrogens with one attached hydrogen (secondary N) is 2. The number of anilines is 1. The highest BCUT2D eigenvalue weighted by Gasteiger charge is 2.09. The first kappa shape index (κ1) is 22.6. The van der Waals surface area contributed by atoms with Gasteiger partial charge in [-0.2, -0.15) is 5.10 Å². The highest BCUT2D eigenvalue weighted by Crippen LogP contribution is 2.15. The summed E-state index contributed by atoms with van der Waals surface area (Å²) in [5.41, 5.74) is 5.39. The molecule has 32 heavy (non-hydrogen) atoms. The molecule has 0 atom stereocenters. The fourth-order valence-electron chi connectivity index (χ4n) is 2.80. The van der Waals surface area contributed by atoms with E-state index in [1.807, 2.05) is 0 Å². The maximum Gasteiger partial charge on any atom is 0.269 e. The molecule has 0 bridgehead atoms. The van der Waals surface area contributed by atoms with E-state index in [-0.39, 0.29) is 23.9 Å². The summed E-state index contributed by atoms with van der Waals surface area (Å²) in [6, 6.07) is 19.4. The Labute approximate surface area is 189 Å². The normalized spacial score (nSPS) is 11.0. The summed E-state index contributed by atoms with van der Waals surface area (Å²) in [4.78, 5) is 34.7. The van der Waals surface area contributed by atoms with Gasteiger partial charge >= 0.3 is 0 Å². The molecule has 2 N–H and O–H groups in total. The molecule has 0 aliphatic rings. The molecule has 9 heteroatoms. The number of hydrogen-bond donors (Lipinski definition) is 2. The van der Waals surface area contributed by atoms with Crippen LogP contribution in [0.15, 0.2) is 77.9 Å². The van der Waals surface area contributed by atoms with Crippen LogP contribution in [-0.2, 0) is 11.2 Å². The first-order valence-electron chi connectivity index (χ1n) is 9.55. The van der Waals surface area contributed by atoms with Gasteiger partial charge in [0.25, 0.3) is 11.6 Å². The number of nitrogens with zero attached hydrogens (tertiary/aromatic N) is 2. The van der Waals surface area contributed by atoms with E-state index in [2.05, 4.69) is 15.8 Å². The number of benzene rings is 3. The van der Waals surface area contributed by atoms with E-state index >= 15 is 0 Å². The lowest BCUT2D eigenvalue weighted by molar-refractivity contribution is -0.384. The summed E-state index contributed by atoms with van der Waals surface area (Å²) < 4.78 is 0. The zero-order valence-corrected chi connectivity index (χ0v) is 17.8. The summed E-state index contributed by atoms with van der Waals surface area (Å²) >= 11 is 5.85. The summed E-state index contributed by atoms with van der Waals surface area (Å²) in [5, 5.41) is 18.2. The van der Waals surface area contributed by atoms with Crippen molar-refractivity contribution in [2.75, 3.05) is 5.32 Å². The SMILES string of the molecule is CC(=NNC(=O)Cc1ccc([N+](=O)[O-])cc1)c1cccc(NC(=O)c2ccc(Cl)cc2)c1. The average Bonchev–Trinajstić information content (AvgIpc) is 2.78. The topological polar surface area (TPSA) is 114 Å². The van der Waals surface area contributed by atoms with Crippen molar-refractivity contribution in [1.82, 2.24) is 5.43 Å². The van der Waals surface area contributed by atoms with Gasteiger partial charge in [0, 0.05) is 28.4 Å². The van der Waals surface area contributed by atoms with E-state index in [1.165, 1.54) is 24.3 Å². The van der Waals surface area contributed by atoms with Crippen LogP contribution in [0.2, 0.25) is 5.02 Å². The molecule has 0 saturated carbocycles. The Morgan fingerprint density at radius 1 is 1.00 bits per heavy atom. The number of hydrogen-bond acceptors (Lipinski definition) is 5. The van der Waals surface area contributed by atoms with Crippen LogP contribution >= 0.6 is 11.6 Å². The smallest absolute Gasteiger partial charge is 0.269 e. The quantitative estimate of drug-likeness (QED) is 0.311. The molecule has 0 heterocycles. The molecule has 8 nitrogen and oxygen atoms in total. The van der Waals surface area contributed by atoms with Crippen molar-refractivity contribution in [2.24, 2.45) is 5.10 Å². The van der Waals surface area contributed by atoms with Crippen LogP contribution in [0.4, 0.5) is 11.4 Å². The number of non-ortho nitro benzene ring substituents is 1. The summed E-state index contributed by atoms with van der Waals surface area (Å²) in [6.45, 7) is 1.73. The molecule has 3 aromatic rings. The third kappa shape index (κ3) is 6.23. The number of hydrazone groups is 1. The Hall–Kier alpha value is -4.04. The van der Waals surface area contributed by atoms with Crippen molar-refractivity contribution in [3.8, 4) is 0 Å². The zero-order valence-electron chi connectivity index (χ0n) is 17.0. The van der Waals surface area contributed by atoms with E-state index in [0.717, 1.165) is 5.56 Å². The lowest BCUT2D eigenvalue weighted by Gasteiger charge is -2.08. The van der Waals surface area contributed by atoms with Gasteiger partial charge in [-0.25, -0.2) is 5.43 Å². The maximum absolute atomic E-state index is 12.4. The van der Waals surface area contributed by atoms with Crippen LogP contribution in [0.3, 0.4) is 0 Å². The molecule has 3 aromatic carbocycles. The lowest BCUT2D eigenvalue weighted by Crippen LogP contribution is -2.21. The molecule has 0 fully saturated rings. The van der Waals surface area contributed by atoms with Gasteiger partial charge in [-0.05, 0) is 54.4 Å². The first-order chi connectivity index (χ1) is 15.3. The largest absolute Gasteiger partial charge is 0.322 e. The van der Waals surface area contributed by atoms with Crippen molar-refractivity contribution < 1.29 is 14.5 Å². The molecule has 0 unspecified atom stereocenters. The van der Waals surface area contributed by atoms with Crippen molar-refractivity contribution in [1.29, 1.82) is 0 Å². The van der Waals surface area contributed by atoms with E-state index in [9.17, 15) is 19.7 Å². The van der Waals surface area contributed by atoms with Crippen LogP contribution in [-0.4, -0.2) is 22.4 Å². The van der Waals surface area contributed by atoms with Gasteiger partial charge in [0.15, 0.2) is 0 Å². The Kier molecular flexibility index (Phi) is 7.30. The highest BCUT2D eigenvalue weighted by atomic mass is 35.5. The van der Waals surface area contributed by atoms with Gasteiger partial charge in [0.2, 0.25) is 5.91 Å². The lowest BCUT2D eigenvalue weighted by atomic mass is 10.1. The molecule has 2 amide bonds. The summed E-state index contributed by atoms with van der Waals surface area (Å²) in [5.74, 6) is -0.629. The number of carbonyl (C=O) groups excluding carboxylic acids is 2. The third-order valence-electron chi connectivity index (χ3n) is 4.50. The second-order valence-corrected chi connectivity index (χ2v) is 7.31. The predicted octanol–water partition coefficient (Wildman–Crippen LogP) is 4.58. The Morgan fingerprint density at radius 2 is 1.69 bits per heavy atom. The molecule has 0 aliphatic carbocycles. The monoisotopic (exact) mass is 450 g/mol. The van der Waals surface area contributed by atoms with Gasteiger partial charge in [-0.1, -0.05) is 35.9 Å². The first-order valence-corrected chi connectivity index (χ1v) is 9.93. The van der Waals surface area contributed by atoms with Crippen molar-refractivity contribution in [3.05, 3.63) is 105 Å². The third-order valence-corrected chi connectivity index (χ3v) is 4.76. The standard InChI is InChI=1S/C23H19ClN4O4/c1-15(26-27-22(29)13-16-5-11-21(12-6-16)28(31)32)18-3-2-4-20(14-18)25-23(30)17-7-9-19(24)10-8-17/h2-12,14H,13H2,1H3,(H,25,30)(H,27,29). The summed E-state index contributed by atoms with van der Waals surface area (Å²) in [7, 11) is 0. The minimum Gasteiger partial charge on any atom is -0.322 e. The van der Waals surface area contributed by atoms with Crippen LogP contribution < -0.4 is 10.7 Å². The molecule has 3 rings (SSSR count). The maximum atomic E-state index is 12.4. The fourth-order valence-corrected chi connectivity index (χ4v) is 2.92. The number of rotatable bonds is 7. The summed E-state index contributed by atoms with van der Waals surface area (Å²) in [6.07, 6.45) is 0.0337. The predicted molar refractivity (Wildman–Crippen MR) is 123 cm³/mol. The number of halogens is 1. The molecule has 0 radical (unpaired) electrons. The zero-order chi connectivity index (χ0) is 23.1. The highest BCUT2D eigenvalue weighted by molar-refractivity contribution is 6.30. The van der Waals surface area contributed by atoms with E-state index in [4.69, 9.17) is 11.6 Å². The molecule has 0 aromatic heterocycles. The van der Waals surface area contributed by atoms with E-state index in [1.54, 1.807) is 55.5 Å².